The second-order valence-corrected chi connectivity index (χ2v) is 6.55. The van der Waals surface area contributed by atoms with Gasteiger partial charge in [-0.1, -0.05) is 12.1 Å². The Balaban J connectivity index is 1.95. The SMILES string of the molecule is CC(C)=C1Oc2c(ccc(OC(=O)c3ccccc3Br)c2C)C1=O. The molecule has 0 atom stereocenters. The molecular formula is C19H15BrO4. The van der Waals surface area contributed by atoms with E-state index in [2.05, 4.69) is 15.9 Å². The minimum Gasteiger partial charge on any atom is -0.452 e. The quantitative estimate of drug-likeness (QED) is 0.420. The van der Waals surface area contributed by atoms with Crippen LogP contribution in [0.4, 0.5) is 0 Å². The van der Waals surface area contributed by atoms with Crippen molar-refractivity contribution < 1.29 is 19.1 Å². The van der Waals surface area contributed by atoms with Gasteiger partial charge in [-0.25, -0.2) is 4.79 Å². The van der Waals surface area contributed by atoms with Crippen molar-refractivity contribution in [3.05, 3.63) is 68.9 Å². The molecule has 0 bridgehead atoms. The number of esters is 1. The number of carbonyl (C=O) groups excluding carboxylic acids is 2. The zero-order chi connectivity index (χ0) is 17.4. The number of benzene rings is 2. The summed E-state index contributed by atoms with van der Waals surface area (Å²) in [6.45, 7) is 5.41. The molecule has 0 aromatic heterocycles. The number of allylic oxidation sites excluding steroid dienone is 2. The van der Waals surface area contributed by atoms with Crippen LogP contribution in [-0.2, 0) is 0 Å². The Kier molecular flexibility index (Phi) is 4.28. The van der Waals surface area contributed by atoms with E-state index in [1.807, 2.05) is 19.9 Å². The van der Waals surface area contributed by atoms with Crippen LogP contribution in [0.2, 0.25) is 0 Å². The molecule has 2 aromatic rings. The predicted octanol–water partition coefficient (Wildman–Crippen LogP) is 4.85. The second kappa shape index (κ2) is 6.24. The number of ether oxygens (including phenoxy) is 2. The maximum Gasteiger partial charge on any atom is 0.344 e. The Morgan fingerprint density at radius 1 is 1.12 bits per heavy atom. The first kappa shape index (κ1) is 16.5. The number of Topliss-reactive ketones (excluding diaryl/α,β-unsaturated/α-hetero) is 1. The summed E-state index contributed by atoms with van der Waals surface area (Å²) in [5.74, 6) is 0.544. The molecular weight excluding hydrogens is 372 g/mol. The predicted molar refractivity (Wildman–Crippen MR) is 93.6 cm³/mol. The zero-order valence-corrected chi connectivity index (χ0v) is 15.1. The maximum absolute atomic E-state index is 12.4. The van der Waals surface area contributed by atoms with Crippen molar-refractivity contribution >= 4 is 27.7 Å². The third kappa shape index (κ3) is 2.76. The Hall–Kier alpha value is -2.40. The molecule has 5 heteroatoms. The van der Waals surface area contributed by atoms with E-state index in [-0.39, 0.29) is 5.78 Å². The van der Waals surface area contributed by atoms with Gasteiger partial charge in [-0.2, -0.15) is 0 Å². The molecule has 0 unspecified atom stereocenters. The van der Waals surface area contributed by atoms with E-state index in [1.54, 1.807) is 37.3 Å². The third-order valence-electron chi connectivity index (χ3n) is 3.76. The number of carbonyl (C=O) groups is 2. The highest BCUT2D eigenvalue weighted by molar-refractivity contribution is 9.10. The molecule has 0 N–H and O–H groups in total. The lowest BCUT2D eigenvalue weighted by Gasteiger charge is -2.10. The van der Waals surface area contributed by atoms with Crippen molar-refractivity contribution in [2.45, 2.75) is 20.8 Å². The van der Waals surface area contributed by atoms with Crippen molar-refractivity contribution in [2.75, 3.05) is 0 Å². The van der Waals surface area contributed by atoms with Crippen LogP contribution in [0.25, 0.3) is 0 Å². The van der Waals surface area contributed by atoms with Crippen molar-refractivity contribution in [1.29, 1.82) is 0 Å². The monoisotopic (exact) mass is 386 g/mol. The highest BCUT2D eigenvalue weighted by atomic mass is 79.9. The van der Waals surface area contributed by atoms with Gasteiger partial charge in [0.05, 0.1) is 11.1 Å². The minimum absolute atomic E-state index is 0.142. The Labute approximate surface area is 148 Å². The van der Waals surface area contributed by atoms with E-state index in [9.17, 15) is 9.59 Å². The van der Waals surface area contributed by atoms with Crippen molar-refractivity contribution in [3.8, 4) is 11.5 Å². The number of hydrogen-bond acceptors (Lipinski definition) is 4. The van der Waals surface area contributed by atoms with Gasteiger partial charge in [-0.05, 0) is 66.5 Å². The second-order valence-electron chi connectivity index (χ2n) is 5.70. The van der Waals surface area contributed by atoms with Crippen molar-refractivity contribution in [2.24, 2.45) is 0 Å². The van der Waals surface area contributed by atoms with Gasteiger partial charge >= 0.3 is 5.97 Å². The third-order valence-corrected chi connectivity index (χ3v) is 4.45. The van der Waals surface area contributed by atoms with Crippen molar-refractivity contribution in [3.63, 3.8) is 0 Å². The van der Waals surface area contributed by atoms with Crippen LogP contribution >= 0.6 is 15.9 Å². The maximum atomic E-state index is 12.4. The fourth-order valence-corrected chi connectivity index (χ4v) is 2.92. The minimum atomic E-state index is -0.475. The molecule has 0 fully saturated rings. The normalized spacial score (nSPS) is 12.7. The molecule has 1 aliphatic rings. The van der Waals surface area contributed by atoms with Gasteiger partial charge in [-0.15, -0.1) is 0 Å². The van der Waals surface area contributed by atoms with Crippen LogP contribution < -0.4 is 9.47 Å². The lowest BCUT2D eigenvalue weighted by atomic mass is 10.1. The largest absolute Gasteiger partial charge is 0.452 e. The first-order valence-corrected chi connectivity index (χ1v) is 8.19. The zero-order valence-electron chi connectivity index (χ0n) is 13.5. The molecule has 0 radical (unpaired) electrons. The van der Waals surface area contributed by atoms with Gasteiger partial charge in [-0.3, -0.25) is 4.79 Å². The fourth-order valence-electron chi connectivity index (χ4n) is 2.48. The van der Waals surface area contributed by atoms with Crippen LogP contribution in [0.3, 0.4) is 0 Å². The first-order valence-electron chi connectivity index (χ1n) is 7.40. The van der Waals surface area contributed by atoms with Gasteiger partial charge < -0.3 is 9.47 Å². The Bertz CT molecular complexity index is 892. The molecule has 4 nitrogen and oxygen atoms in total. The summed E-state index contributed by atoms with van der Waals surface area (Å²) in [5, 5.41) is 0. The van der Waals surface area contributed by atoms with E-state index in [0.29, 0.717) is 38.4 Å². The fraction of sp³-hybridized carbons (Fsp3) is 0.158. The van der Waals surface area contributed by atoms with Gasteiger partial charge in [0.2, 0.25) is 5.78 Å². The van der Waals surface area contributed by atoms with E-state index < -0.39 is 5.97 Å². The Morgan fingerprint density at radius 2 is 1.83 bits per heavy atom. The molecule has 1 heterocycles. The molecule has 0 saturated heterocycles. The summed E-state index contributed by atoms with van der Waals surface area (Å²) in [6.07, 6.45) is 0. The highest BCUT2D eigenvalue weighted by Crippen LogP contribution is 2.39. The molecule has 0 aliphatic carbocycles. The van der Waals surface area contributed by atoms with Gasteiger partial charge in [0.1, 0.15) is 11.5 Å². The van der Waals surface area contributed by atoms with Gasteiger partial charge in [0, 0.05) is 10.0 Å². The lowest BCUT2D eigenvalue weighted by Crippen LogP contribution is -2.10. The number of halogens is 1. The molecule has 122 valence electrons. The molecule has 0 amide bonds. The number of ketones is 1. The van der Waals surface area contributed by atoms with Crippen LogP contribution in [0.5, 0.6) is 11.5 Å². The highest BCUT2D eigenvalue weighted by Gasteiger charge is 2.31. The van der Waals surface area contributed by atoms with Crippen LogP contribution in [0, 0.1) is 6.92 Å². The molecule has 1 aliphatic heterocycles. The summed E-state index contributed by atoms with van der Waals surface area (Å²) in [4.78, 5) is 24.6. The summed E-state index contributed by atoms with van der Waals surface area (Å²) in [5.41, 5.74) is 2.35. The van der Waals surface area contributed by atoms with Gasteiger partial charge in [0.25, 0.3) is 0 Å². The summed E-state index contributed by atoms with van der Waals surface area (Å²) >= 11 is 3.33. The molecule has 0 saturated carbocycles. The average Bonchev–Trinajstić information content (AvgIpc) is 2.88. The summed E-state index contributed by atoms with van der Waals surface area (Å²) in [6, 6.07) is 10.3. The first-order chi connectivity index (χ1) is 11.4. The lowest BCUT2D eigenvalue weighted by molar-refractivity contribution is 0.0732. The molecule has 2 aromatic carbocycles. The standard InChI is InChI=1S/C19H15BrO4/c1-10(2)17-16(21)13-8-9-15(11(3)18(13)24-17)23-19(22)12-6-4-5-7-14(12)20/h4-9H,1-3H3. The molecule has 3 rings (SSSR count). The van der Waals surface area contributed by atoms with Crippen LogP contribution in [0.15, 0.2) is 52.2 Å². The number of hydrogen-bond donors (Lipinski definition) is 0. The van der Waals surface area contributed by atoms with E-state index in [0.717, 1.165) is 5.57 Å². The Morgan fingerprint density at radius 3 is 2.50 bits per heavy atom. The smallest absolute Gasteiger partial charge is 0.344 e. The van der Waals surface area contributed by atoms with E-state index >= 15 is 0 Å². The van der Waals surface area contributed by atoms with Crippen LogP contribution in [0.1, 0.15) is 40.1 Å². The van der Waals surface area contributed by atoms with Gasteiger partial charge in [0.15, 0.2) is 5.76 Å². The molecule has 24 heavy (non-hydrogen) atoms. The van der Waals surface area contributed by atoms with Crippen LogP contribution in [-0.4, -0.2) is 11.8 Å². The summed E-state index contributed by atoms with van der Waals surface area (Å²) in [7, 11) is 0. The average molecular weight is 387 g/mol. The number of rotatable bonds is 2. The van der Waals surface area contributed by atoms with E-state index in [1.165, 1.54) is 0 Å². The number of fused-ring (bicyclic) bond motifs is 1. The molecule has 0 spiro atoms. The summed E-state index contributed by atoms with van der Waals surface area (Å²) < 4.78 is 11.8. The van der Waals surface area contributed by atoms with Crippen molar-refractivity contribution in [1.82, 2.24) is 0 Å². The van der Waals surface area contributed by atoms with E-state index in [4.69, 9.17) is 9.47 Å². The topological polar surface area (TPSA) is 52.6 Å².